The number of aromatic nitrogens is 4. The Bertz CT molecular complexity index is 1260. The summed E-state index contributed by atoms with van der Waals surface area (Å²) in [6, 6.07) is 12.8. The first-order chi connectivity index (χ1) is 15.4. The van der Waals surface area contributed by atoms with Gasteiger partial charge in [0.25, 0.3) is 5.91 Å². The number of carbonyl (C=O) groups is 1. The van der Waals surface area contributed by atoms with E-state index >= 15 is 0 Å². The number of nitrogens with one attached hydrogen (secondary N) is 1. The number of rotatable bonds is 7. The fourth-order valence-corrected chi connectivity index (χ4v) is 3.26. The van der Waals surface area contributed by atoms with Gasteiger partial charge in [0, 0.05) is 28.4 Å². The SMILES string of the molecule is O=C(Nc1ccn(Cc2c(F)cccc2Cl)n1)c1ccc(Cn2cc([N+](=O)[O-])cn2)cc1. The number of anilines is 1. The van der Waals surface area contributed by atoms with Crippen molar-refractivity contribution in [2.45, 2.75) is 13.1 Å². The normalized spacial score (nSPS) is 10.8. The molecule has 0 aliphatic heterocycles. The van der Waals surface area contributed by atoms with Gasteiger partial charge in [0.05, 0.1) is 18.0 Å². The summed E-state index contributed by atoms with van der Waals surface area (Å²) in [4.78, 5) is 22.7. The van der Waals surface area contributed by atoms with Crippen LogP contribution >= 0.6 is 11.6 Å². The lowest BCUT2D eigenvalue weighted by Gasteiger charge is -2.06. The third kappa shape index (κ3) is 4.81. The summed E-state index contributed by atoms with van der Waals surface area (Å²) >= 11 is 6.04. The first kappa shape index (κ1) is 21.2. The van der Waals surface area contributed by atoms with Crippen LogP contribution < -0.4 is 5.32 Å². The van der Waals surface area contributed by atoms with Crippen molar-refractivity contribution in [3.05, 3.63) is 105 Å². The molecule has 2 aromatic carbocycles. The first-order valence-corrected chi connectivity index (χ1v) is 9.80. The standard InChI is InChI=1S/C21H16ClFN6O3/c22-18-2-1-3-19(23)17(18)13-27-9-8-20(26-27)25-21(30)15-6-4-14(5-7-15)11-28-12-16(10-24-28)29(31)32/h1-10,12H,11,13H2,(H,25,26,30). The van der Waals surface area contributed by atoms with Crippen LogP contribution in [0.5, 0.6) is 0 Å². The molecular formula is C21H16ClFN6O3. The van der Waals surface area contributed by atoms with Crippen molar-refractivity contribution < 1.29 is 14.1 Å². The molecule has 0 aliphatic rings. The molecule has 11 heteroatoms. The lowest BCUT2D eigenvalue weighted by molar-refractivity contribution is -0.385. The van der Waals surface area contributed by atoms with E-state index in [4.69, 9.17) is 11.6 Å². The summed E-state index contributed by atoms with van der Waals surface area (Å²) in [7, 11) is 0. The molecule has 0 saturated carbocycles. The second-order valence-corrected chi connectivity index (χ2v) is 7.31. The van der Waals surface area contributed by atoms with Gasteiger partial charge in [0.15, 0.2) is 5.82 Å². The van der Waals surface area contributed by atoms with E-state index in [1.165, 1.54) is 33.9 Å². The molecular weight excluding hydrogens is 439 g/mol. The summed E-state index contributed by atoms with van der Waals surface area (Å²) in [6.07, 6.45) is 4.14. The van der Waals surface area contributed by atoms with Gasteiger partial charge >= 0.3 is 5.69 Å². The lowest BCUT2D eigenvalue weighted by Crippen LogP contribution is -2.13. The van der Waals surface area contributed by atoms with E-state index in [0.29, 0.717) is 28.5 Å². The second-order valence-electron chi connectivity index (χ2n) is 6.90. The molecule has 32 heavy (non-hydrogen) atoms. The molecule has 4 aromatic rings. The summed E-state index contributed by atoms with van der Waals surface area (Å²) in [5.41, 5.74) is 1.46. The molecule has 0 spiro atoms. The van der Waals surface area contributed by atoms with Crippen molar-refractivity contribution in [3.63, 3.8) is 0 Å². The maximum Gasteiger partial charge on any atom is 0.307 e. The largest absolute Gasteiger partial charge is 0.307 e. The van der Waals surface area contributed by atoms with Crippen molar-refractivity contribution in [2.75, 3.05) is 5.32 Å². The van der Waals surface area contributed by atoms with E-state index < -0.39 is 10.7 Å². The average molecular weight is 455 g/mol. The van der Waals surface area contributed by atoms with E-state index in [1.807, 2.05) is 0 Å². The van der Waals surface area contributed by atoms with Crippen molar-refractivity contribution in [1.82, 2.24) is 19.6 Å². The van der Waals surface area contributed by atoms with Gasteiger partial charge in [0.2, 0.25) is 0 Å². The van der Waals surface area contributed by atoms with Gasteiger partial charge in [-0.25, -0.2) is 4.39 Å². The summed E-state index contributed by atoms with van der Waals surface area (Å²) in [5, 5.41) is 21.9. The maximum absolute atomic E-state index is 14.0. The van der Waals surface area contributed by atoms with Crippen LogP contribution in [0.1, 0.15) is 21.5 Å². The molecule has 0 atom stereocenters. The van der Waals surface area contributed by atoms with Crippen molar-refractivity contribution in [1.29, 1.82) is 0 Å². The average Bonchev–Trinajstić information content (AvgIpc) is 3.41. The van der Waals surface area contributed by atoms with Crippen molar-refractivity contribution >= 4 is 29.0 Å². The fraction of sp³-hybridized carbons (Fsp3) is 0.0952. The van der Waals surface area contributed by atoms with E-state index in [-0.39, 0.29) is 18.1 Å². The van der Waals surface area contributed by atoms with E-state index in [9.17, 15) is 19.3 Å². The van der Waals surface area contributed by atoms with Gasteiger partial charge in [-0.1, -0.05) is 29.8 Å². The highest BCUT2D eigenvalue weighted by Crippen LogP contribution is 2.20. The third-order valence-electron chi connectivity index (χ3n) is 4.66. The highest BCUT2D eigenvalue weighted by atomic mass is 35.5. The monoisotopic (exact) mass is 454 g/mol. The highest BCUT2D eigenvalue weighted by molar-refractivity contribution is 6.31. The number of benzene rings is 2. The quantitative estimate of drug-likeness (QED) is 0.333. The lowest BCUT2D eigenvalue weighted by atomic mass is 10.1. The second kappa shape index (κ2) is 8.98. The number of carbonyl (C=O) groups excluding carboxylic acids is 1. The number of amides is 1. The molecule has 0 fully saturated rings. The van der Waals surface area contributed by atoms with Crippen molar-refractivity contribution in [2.24, 2.45) is 0 Å². The van der Waals surface area contributed by atoms with Crippen LogP contribution in [0.15, 0.2) is 67.1 Å². The van der Waals surface area contributed by atoms with Crippen LogP contribution in [-0.4, -0.2) is 30.4 Å². The molecule has 1 amide bonds. The predicted octanol–water partition coefficient (Wildman–Crippen LogP) is 4.13. The van der Waals surface area contributed by atoms with Gasteiger partial charge in [0.1, 0.15) is 18.2 Å². The Hall–Kier alpha value is -4.05. The Balaban J connectivity index is 1.38. The molecule has 162 valence electrons. The molecule has 0 aliphatic carbocycles. The predicted molar refractivity (Wildman–Crippen MR) is 115 cm³/mol. The molecule has 2 aromatic heterocycles. The fourth-order valence-electron chi connectivity index (χ4n) is 3.03. The van der Waals surface area contributed by atoms with E-state index in [2.05, 4.69) is 15.5 Å². The number of halogens is 2. The zero-order chi connectivity index (χ0) is 22.7. The Morgan fingerprint density at radius 3 is 2.59 bits per heavy atom. The van der Waals surface area contributed by atoms with Crippen LogP contribution in [0.3, 0.4) is 0 Å². The summed E-state index contributed by atoms with van der Waals surface area (Å²) in [5.74, 6) is -0.473. The van der Waals surface area contributed by atoms with Crippen LogP contribution in [0.4, 0.5) is 15.9 Å². The molecule has 9 nitrogen and oxygen atoms in total. The number of nitrogens with zero attached hydrogens (tertiary/aromatic N) is 5. The topological polar surface area (TPSA) is 108 Å². The Labute approximate surface area is 186 Å². The van der Waals surface area contributed by atoms with Gasteiger partial charge < -0.3 is 5.32 Å². The van der Waals surface area contributed by atoms with Gasteiger partial charge in [-0.05, 0) is 29.8 Å². The first-order valence-electron chi connectivity index (χ1n) is 9.42. The summed E-state index contributed by atoms with van der Waals surface area (Å²) in [6.45, 7) is 0.459. The van der Waals surface area contributed by atoms with Gasteiger partial charge in [-0.15, -0.1) is 0 Å². The third-order valence-corrected chi connectivity index (χ3v) is 5.01. The number of hydrogen-bond acceptors (Lipinski definition) is 5. The van der Waals surface area contributed by atoms with Crippen LogP contribution in [0, 0.1) is 15.9 Å². The minimum absolute atomic E-state index is 0.0855. The minimum Gasteiger partial charge on any atom is -0.305 e. The molecule has 1 N–H and O–H groups in total. The Kier molecular flexibility index (Phi) is 5.95. The van der Waals surface area contributed by atoms with Crippen LogP contribution in [0.25, 0.3) is 0 Å². The van der Waals surface area contributed by atoms with Crippen molar-refractivity contribution in [3.8, 4) is 0 Å². The zero-order valence-corrected chi connectivity index (χ0v) is 17.2. The molecule has 0 radical (unpaired) electrons. The molecule has 0 saturated heterocycles. The molecule has 0 bridgehead atoms. The van der Waals surface area contributed by atoms with Gasteiger partial charge in [-0.2, -0.15) is 10.2 Å². The molecule has 0 unspecified atom stereocenters. The number of nitro groups is 1. The minimum atomic E-state index is -0.511. The van der Waals surface area contributed by atoms with Crippen LogP contribution in [-0.2, 0) is 13.1 Å². The Morgan fingerprint density at radius 2 is 1.91 bits per heavy atom. The molecule has 2 heterocycles. The Morgan fingerprint density at radius 1 is 1.12 bits per heavy atom. The maximum atomic E-state index is 14.0. The molecule has 4 rings (SSSR count). The smallest absolute Gasteiger partial charge is 0.305 e. The van der Waals surface area contributed by atoms with Crippen LogP contribution in [0.2, 0.25) is 5.02 Å². The number of hydrogen-bond donors (Lipinski definition) is 1. The van der Waals surface area contributed by atoms with E-state index in [0.717, 1.165) is 5.56 Å². The summed E-state index contributed by atoms with van der Waals surface area (Å²) < 4.78 is 16.9. The van der Waals surface area contributed by atoms with Gasteiger partial charge in [-0.3, -0.25) is 24.3 Å². The zero-order valence-electron chi connectivity index (χ0n) is 16.5. The highest BCUT2D eigenvalue weighted by Gasteiger charge is 2.12. The van der Waals surface area contributed by atoms with E-state index in [1.54, 1.807) is 42.6 Å².